The minimum Gasteiger partial charge on any atom is -0.469 e. The van der Waals surface area contributed by atoms with E-state index < -0.39 is 0 Å². The lowest BCUT2D eigenvalue weighted by Gasteiger charge is -2.25. The van der Waals surface area contributed by atoms with Crippen LogP contribution in [-0.2, 0) is 16.0 Å². The minimum absolute atomic E-state index is 0.134. The van der Waals surface area contributed by atoms with Gasteiger partial charge in [-0.3, -0.25) is 4.79 Å². The van der Waals surface area contributed by atoms with Crippen LogP contribution in [0.5, 0.6) is 0 Å². The highest BCUT2D eigenvalue weighted by molar-refractivity contribution is 8.00. The third-order valence-electron chi connectivity index (χ3n) is 3.40. The van der Waals surface area contributed by atoms with Gasteiger partial charge in [-0.2, -0.15) is 0 Å². The van der Waals surface area contributed by atoms with Crippen LogP contribution in [0, 0.1) is 0 Å². The van der Waals surface area contributed by atoms with Gasteiger partial charge in [0, 0.05) is 10.1 Å². The van der Waals surface area contributed by atoms with E-state index in [0.29, 0.717) is 11.7 Å². The van der Waals surface area contributed by atoms with Crippen molar-refractivity contribution in [1.29, 1.82) is 0 Å². The van der Waals surface area contributed by atoms with E-state index in [-0.39, 0.29) is 12.1 Å². The van der Waals surface area contributed by atoms with Crippen molar-refractivity contribution in [3.8, 4) is 0 Å². The molecular formula is C15H20O3S. The second-order valence-corrected chi connectivity index (χ2v) is 6.33. The van der Waals surface area contributed by atoms with Crippen LogP contribution in [0.4, 0.5) is 0 Å². The molecule has 1 aliphatic carbocycles. The SMILES string of the molecule is COC(=O)Cc1ccc(S[C@H]2CCC[C@@H](O)C2)cc1. The summed E-state index contributed by atoms with van der Waals surface area (Å²) in [7, 11) is 1.40. The van der Waals surface area contributed by atoms with Crippen molar-refractivity contribution in [2.45, 2.75) is 48.4 Å². The van der Waals surface area contributed by atoms with Gasteiger partial charge in [0.25, 0.3) is 0 Å². The average molecular weight is 280 g/mol. The van der Waals surface area contributed by atoms with Crippen molar-refractivity contribution < 1.29 is 14.6 Å². The van der Waals surface area contributed by atoms with Gasteiger partial charge in [-0.1, -0.05) is 12.1 Å². The first-order valence-corrected chi connectivity index (χ1v) is 7.56. The number of carbonyl (C=O) groups is 1. The molecule has 0 radical (unpaired) electrons. The Kier molecular flexibility index (Phi) is 5.28. The molecular weight excluding hydrogens is 260 g/mol. The fourth-order valence-corrected chi connectivity index (χ4v) is 3.63. The third-order valence-corrected chi connectivity index (χ3v) is 4.71. The fourth-order valence-electron chi connectivity index (χ4n) is 2.34. The summed E-state index contributed by atoms with van der Waals surface area (Å²) in [5.41, 5.74) is 0.972. The molecule has 2 rings (SSSR count). The molecule has 1 saturated carbocycles. The highest BCUT2D eigenvalue weighted by Gasteiger charge is 2.20. The molecule has 1 aliphatic rings. The van der Waals surface area contributed by atoms with Gasteiger partial charge in [-0.15, -0.1) is 11.8 Å². The number of esters is 1. The standard InChI is InChI=1S/C15H20O3S/c1-18-15(17)9-11-5-7-13(8-6-11)19-14-4-2-3-12(16)10-14/h5-8,12,14,16H,2-4,9-10H2,1H3/t12-,14+/m1/s1. The summed E-state index contributed by atoms with van der Waals surface area (Å²) < 4.78 is 4.65. The quantitative estimate of drug-likeness (QED) is 0.862. The number of rotatable bonds is 4. The van der Waals surface area contributed by atoms with E-state index in [2.05, 4.69) is 4.74 Å². The van der Waals surface area contributed by atoms with Crippen molar-refractivity contribution in [2.24, 2.45) is 0 Å². The first kappa shape index (κ1) is 14.4. The molecule has 4 heteroatoms. The Morgan fingerprint density at radius 2 is 2.11 bits per heavy atom. The summed E-state index contributed by atoms with van der Waals surface area (Å²) >= 11 is 1.83. The Balaban J connectivity index is 1.89. The molecule has 2 atom stereocenters. The van der Waals surface area contributed by atoms with E-state index in [1.54, 1.807) is 0 Å². The zero-order valence-electron chi connectivity index (χ0n) is 11.2. The second-order valence-electron chi connectivity index (χ2n) is 4.96. The number of hydrogen-bond acceptors (Lipinski definition) is 4. The first-order chi connectivity index (χ1) is 9.17. The highest BCUT2D eigenvalue weighted by Crippen LogP contribution is 2.33. The lowest BCUT2D eigenvalue weighted by Crippen LogP contribution is -2.20. The summed E-state index contributed by atoms with van der Waals surface area (Å²) in [4.78, 5) is 12.4. The topological polar surface area (TPSA) is 46.5 Å². The number of thioether (sulfide) groups is 1. The van der Waals surface area contributed by atoms with Crippen LogP contribution in [0.3, 0.4) is 0 Å². The van der Waals surface area contributed by atoms with E-state index in [4.69, 9.17) is 0 Å². The van der Waals surface area contributed by atoms with E-state index >= 15 is 0 Å². The van der Waals surface area contributed by atoms with Gasteiger partial charge < -0.3 is 9.84 Å². The molecule has 0 spiro atoms. The fraction of sp³-hybridized carbons (Fsp3) is 0.533. The van der Waals surface area contributed by atoms with Crippen molar-refractivity contribution in [3.05, 3.63) is 29.8 Å². The minimum atomic E-state index is -0.212. The van der Waals surface area contributed by atoms with Gasteiger partial charge in [-0.05, 0) is 43.4 Å². The van der Waals surface area contributed by atoms with Crippen molar-refractivity contribution in [3.63, 3.8) is 0 Å². The first-order valence-electron chi connectivity index (χ1n) is 6.68. The largest absolute Gasteiger partial charge is 0.469 e. The number of ether oxygens (including phenoxy) is 1. The van der Waals surface area contributed by atoms with Crippen LogP contribution in [0.2, 0.25) is 0 Å². The molecule has 0 heterocycles. The molecule has 1 aromatic rings. The molecule has 3 nitrogen and oxygen atoms in total. The number of aliphatic hydroxyl groups is 1. The van der Waals surface area contributed by atoms with Crippen molar-refractivity contribution in [1.82, 2.24) is 0 Å². The molecule has 0 aromatic heterocycles. The molecule has 19 heavy (non-hydrogen) atoms. The number of hydrogen-bond donors (Lipinski definition) is 1. The maximum atomic E-state index is 11.2. The summed E-state index contributed by atoms with van der Waals surface area (Å²) in [6.45, 7) is 0. The molecule has 1 fully saturated rings. The number of benzene rings is 1. The van der Waals surface area contributed by atoms with Gasteiger partial charge in [0.1, 0.15) is 0 Å². The van der Waals surface area contributed by atoms with E-state index in [9.17, 15) is 9.90 Å². The van der Waals surface area contributed by atoms with Crippen LogP contribution in [0.15, 0.2) is 29.2 Å². The molecule has 0 amide bonds. The Morgan fingerprint density at radius 3 is 2.74 bits per heavy atom. The molecule has 1 N–H and O–H groups in total. The zero-order chi connectivity index (χ0) is 13.7. The number of methoxy groups -OCH3 is 1. The molecule has 0 bridgehead atoms. The molecule has 0 saturated heterocycles. The van der Waals surface area contributed by atoms with E-state index in [1.807, 2.05) is 36.0 Å². The van der Waals surface area contributed by atoms with Gasteiger partial charge in [0.05, 0.1) is 19.6 Å². The van der Waals surface area contributed by atoms with Crippen LogP contribution in [0.1, 0.15) is 31.2 Å². The Labute approximate surface area is 118 Å². The van der Waals surface area contributed by atoms with Crippen LogP contribution in [-0.4, -0.2) is 29.5 Å². The Morgan fingerprint density at radius 1 is 1.37 bits per heavy atom. The normalized spacial score (nSPS) is 23.1. The zero-order valence-corrected chi connectivity index (χ0v) is 12.0. The third kappa shape index (κ3) is 4.55. The number of carbonyl (C=O) groups excluding carboxylic acids is 1. The van der Waals surface area contributed by atoms with Crippen LogP contribution < -0.4 is 0 Å². The predicted octanol–water partition coefficient (Wildman–Crippen LogP) is 2.80. The van der Waals surface area contributed by atoms with E-state index in [0.717, 1.165) is 24.8 Å². The lowest BCUT2D eigenvalue weighted by molar-refractivity contribution is -0.139. The monoisotopic (exact) mass is 280 g/mol. The second kappa shape index (κ2) is 6.96. The molecule has 0 unspecified atom stereocenters. The van der Waals surface area contributed by atoms with Crippen LogP contribution in [0.25, 0.3) is 0 Å². The van der Waals surface area contributed by atoms with Gasteiger partial charge in [-0.25, -0.2) is 0 Å². The highest BCUT2D eigenvalue weighted by atomic mass is 32.2. The average Bonchev–Trinajstić information content (AvgIpc) is 2.41. The number of aliphatic hydroxyl groups excluding tert-OH is 1. The van der Waals surface area contributed by atoms with Crippen molar-refractivity contribution in [2.75, 3.05) is 7.11 Å². The molecule has 104 valence electrons. The molecule has 0 aliphatic heterocycles. The summed E-state index contributed by atoms with van der Waals surface area (Å²) in [6.07, 6.45) is 4.29. The molecule has 1 aromatic carbocycles. The van der Waals surface area contributed by atoms with Crippen LogP contribution >= 0.6 is 11.8 Å². The summed E-state index contributed by atoms with van der Waals surface area (Å²) in [5.74, 6) is -0.212. The lowest BCUT2D eigenvalue weighted by atomic mass is 9.97. The van der Waals surface area contributed by atoms with Gasteiger partial charge in [0.2, 0.25) is 0 Å². The smallest absolute Gasteiger partial charge is 0.309 e. The maximum absolute atomic E-state index is 11.2. The van der Waals surface area contributed by atoms with E-state index in [1.165, 1.54) is 18.4 Å². The summed E-state index contributed by atoms with van der Waals surface area (Å²) in [6, 6.07) is 8.03. The van der Waals surface area contributed by atoms with Gasteiger partial charge >= 0.3 is 5.97 Å². The Bertz CT molecular complexity index is 416. The Hall–Kier alpha value is -1.00. The summed E-state index contributed by atoms with van der Waals surface area (Å²) in [5, 5.41) is 10.2. The maximum Gasteiger partial charge on any atom is 0.309 e. The van der Waals surface area contributed by atoms with Gasteiger partial charge in [0.15, 0.2) is 0 Å². The predicted molar refractivity (Wildman–Crippen MR) is 76.3 cm³/mol. The van der Waals surface area contributed by atoms with Crippen molar-refractivity contribution >= 4 is 17.7 Å².